The molecule has 0 saturated carbocycles. The van der Waals surface area contributed by atoms with Crippen molar-refractivity contribution in [2.45, 2.75) is 13.3 Å². The number of nitrogens with zero attached hydrogens (tertiary/aromatic N) is 3. The summed E-state index contributed by atoms with van der Waals surface area (Å²) in [6.07, 6.45) is 0.877. The fourth-order valence-electron chi connectivity index (χ4n) is 1.15. The van der Waals surface area contributed by atoms with E-state index < -0.39 is 0 Å². The predicted octanol–water partition coefficient (Wildman–Crippen LogP) is -0.00590. The summed E-state index contributed by atoms with van der Waals surface area (Å²) in [5, 5.41) is 11.0. The van der Waals surface area contributed by atoms with Gasteiger partial charge in [-0.05, 0) is 12.5 Å². The third-order valence-corrected chi connectivity index (χ3v) is 2.12. The third kappa shape index (κ3) is 2.18. The summed E-state index contributed by atoms with van der Waals surface area (Å²) in [4.78, 5) is 0. The van der Waals surface area contributed by atoms with Crippen molar-refractivity contribution in [3.63, 3.8) is 0 Å². The lowest BCUT2D eigenvalue weighted by molar-refractivity contribution is 0.560. The highest BCUT2D eigenvalue weighted by Crippen LogP contribution is 2.08. The molecule has 0 aromatic carbocycles. The van der Waals surface area contributed by atoms with Gasteiger partial charge in [0.05, 0.1) is 0 Å². The molecule has 1 unspecified atom stereocenters. The lowest BCUT2D eigenvalue weighted by atomic mass is 10.1. The minimum Gasteiger partial charge on any atom is -0.357 e. The molecule has 0 aliphatic heterocycles. The second-order valence-corrected chi connectivity index (χ2v) is 3.29. The van der Waals surface area contributed by atoms with Crippen LogP contribution in [-0.4, -0.2) is 28.4 Å². The summed E-state index contributed by atoms with van der Waals surface area (Å²) < 4.78 is 1.95. The highest BCUT2D eigenvalue weighted by Gasteiger charge is 2.09. The molecule has 1 aromatic heterocycles. The maximum Gasteiger partial charge on any atom is 0.224 e. The number of rotatable bonds is 4. The lowest BCUT2D eigenvalue weighted by Crippen LogP contribution is -2.15. The Morgan fingerprint density at radius 3 is 2.69 bits per heavy atom. The van der Waals surface area contributed by atoms with Crippen LogP contribution < -0.4 is 11.1 Å². The number of anilines is 1. The summed E-state index contributed by atoms with van der Waals surface area (Å²) in [6, 6.07) is 0. The van der Waals surface area contributed by atoms with Gasteiger partial charge in [0.2, 0.25) is 5.95 Å². The lowest BCUT2D eigenvalue weighted by Gasteiger charge is -2.07. The molecular weight excluding hydrogens is 166 g/mol. The Labute approximate surface area is 78.3 Å². The van der Waals surface area contributed by atoms with Gasteiger partial charge in [0.15, 0.2) is 0 Å². The van der Waals surface area contributed by atoms with Gasteiger partial charge in [-0.15, -0.1) is 10.2 Å². The van der Waals surface area contributed by atoms with Gasteiger partial charge in [-0.1, -0.05) is 6.92 Å². The number of hydrogen-bond acceptors (Lipinski definition) is 4. The Balaban J connectivity index is 2.72. The molecule has 1 aromatic rings. The normalized spacial score (nSPS) is 12.9. The minimum atomic E-state index is 0.451. The van der Waals surface area contributed by atoms with Gasteiger partial charge in [-0.3, -0.25) is 0 Å². The van der Waals surface area contributed by atoms with Gasteiger partial charge < -0.3 is 15.6 Å². The zero-order valence-electron chi connectivity index (χ0n) is 8.41. The number of aromatic nitrogens is 3. The molecule has 0 spiro atoms. The van der Waals surface area contributed by atoms with E-state index in [0.717, 1.165) is 18.2 Å². The smallest absolute Gasteiger partial charge is 0.224 e. The van der Waals surface area contributed by atoms with Crippen LogP contribution in [0.15, 0.2) is 0 Å². The summed E-state index contributed by atoms with van der Waals surface area (Å²) in [7, 11) is 3.78. The molecule has 74 valence electrons. The first-order valence-electron chi connectivity index (χ1n) is 4.45. The summed E-state index contributed by atoms with van der Waals surface area (Å²) in [5.41, 5.74) is 5.54. The molecule has 0 bridgehead atoms. The van der Waals surface area contributed by atoms with E-state index in [0.29, 0.717) is 12.5 Å². The molecule has 1 atom stereocenters. The number of hydrogen-bond donors (Lipinski definition) is 2. The van der Waals surface area contributed by atoms with Crippen molar-refractivity contribution in [2.24, 2.45) is 18.7 Å². The van der Waals surface area contributed by atoms with Gasteiger partial charge in [0.25, 0.3) is 0 Å². The van der Waals surface area contributed by atoms with E-state index in [1.807, 2.05) is 18.7 Å². The van der Waals surface area contributed by atoms with Crippen LogP contribution in [0.2, 0.25) is 0 Å². The van der Waals surface area contributed by atoms with E-state index in [9.17, 15) is 0 Å². The molecule has 0 aliphatic carbocycles. The number of nitrogens with one attached hydrogen (secondary N) is 1. The van der Waals surface area contributed by atoms with Crippen LogP contribution >= 0.6 is 0 Å². The molecule has 13 heavy (non-hydrogen) atoms. The van der Waals surface area contributed by atoms with Crippen LogP contribution in [0.25, 0.3) is 0 Å². The molecule has 0 fully saturated rings. The monoisotopic (exact) mass is 183 g/mol. The first kappa shape index (κ1) is 9.98. The van der Waals surface area contributed by atoms with E-state index in [4.69, 9.17) is 5.73 Å². The SMILES string of the molecule is CNc1nnc(CC(C)CN)n1C. The van der Waals surface area contributed by atoms with Crippen molar-refractivity contribution in [3.8, 4) is 0 Å². The van der Waals surface area contributed by atoms with Crippen LogP contribution in [0.4, 0.5) is 5.95 Å². The molecule has 5 heteroatoms. The molecule has 1 heterocycles. The second-order valence-electron chi connectivity index (χ2n) is 3.29. The summed E-state index contributed by atoms with van der Waals surface area (Å²) in [6.45, 7) is 2.79. The van der Waals surface area contributed by atoms with Gasteiger partial charge >= 0.3 is 0 Å². The Morgan fingerprint density at radius 2 is 2.23 bits per heavy atom. The zero-order chi connectivity index (χ0) is 9.84. The molecular formula is C8H17N5. The highest BCUT2D eigenvalue weighted by molar-refractivity contribution is 5.23. The Morgan fingerprint density at radius 1 is 1.54 bits per heavy atom. The van der Waals surface area contributed by atoms with Crippen molar-refractivity contribution in [3.05, 3.63) is 5.82 Å². The van der Waals surface area contributed by atoms with E-state index in [1.54, 1.807) is 0 Å². The Kier molecular flexibility index (Phi) is 3.25. The molecule has 0 saturated heterocycles. The maximum absolute atomic E-state index is 5.54. The van der Waals surface area contributed by atoms with Crippen molar-refractivity contribution in [1.29, 1.82) is 0 Å². The van der Waals surface area contributed by atoms with Gasteiger partial charge in [0.1, 0.15) is 5.82 Å². The van der Waals surface area contributed by atoms with Crippen LogP contribution in [0, 0.1) is 5.92 Å². The quantitative estimate of drug-likeness (QED) is 0.689. The van der Waals surface area contributed by atoms with Gasteiger partial charge in [-0.2, -0.15) is 0 Å². The van der Waals surface area contributed by atoms with Crippen molar-refractivity contribution in [1.82, 2.24) is 14.8 Å². The largest absolute Gasteiger partial charge is 0.357 e. The first-order chi connectivity index (χ1) is 6.19. The third-order valence-electron chi connectivity index (χ3n) is 2.12. The van der Waals surface area contributed by atoms with Gasteiger partial charge in [-0.25, -0.2) is 0 Å². The first-order valence-corrected chi connectivity index (χ1v) is 4.45. The molecule has 0 radical (unpaired) electrons. The number of nitrogens with two attached hydrogens (primary N) is 1. The topological polar surface area (TPSA) is 68.8 Å². The molecule has 1 rings (SSSR count). The van der Waals surface area contributed by atoms with Crippen LogP contribution in [-0.2, 0) is 13.5 Å². The molecule has 0 amide bonds. The molecule has 5 nitrogen and oxygen atoms in total. The van der Waals surface area contributed by atoms with Crippen molar-refractivity contribution < 1.29 is 0 Å². The van der Waals surface area contributed by atoms with Crippen molar-refractivity contribution >= 4 is 5.95 Å². The van der Waals surface area contributed by atoms with E-state index in [-0.39, 0.29) is 0 Å². The minimum absolute atomic E-state index is 0.451. The Hall–Kier alpha value is -1.10. The van der Waals surface area contributed by atoms with E-state index in [1.165, 1.54) is 0 Å². The second kappa shape index (κ2) is 4.23. The Bertz CT molecular complexity index is 267. The average molecular weight is 183 g/mol. The van der Waals surface area contributed by atoms with Crippen LogP contribution in [0.5, 0.6) is 0 Å². The highest BCUT2D eigenvalue weighted by atomic mass is 15.3. The summed E-state index contributed by atoms with van der Waals surface area (Å²) in [5.74, 6) is 2.22. The molecule has 0 aliphatic rings. The maximum atomic E-state index is 5.54. The van der Waals surface area contributed by atoms with Crippen molar-refractivity contribution in [2.75, 3.05) is 18.9 Å². The predicted molar refractivity (Wildman–Crippen MR) is 52.5 cm³/mol. The fourth-order valence-corrected chi connectivity index (χ4v) is 1.15. The van der Waals surface area contributed by atoms with E-state index in [2.05, 4.69) is 22.4 Å². The molecule has 3 N–H and O–H groups in total. The van der Waals surface area contributed by atoms with E-state index >= 15 is 0 Å². The van der Waals surface area contributed by atoms with Crippen LogP contribution in [0.1, 0.15) is 12.7 Å². The standard InChI is InChI=1S/C8H17N5/c1-6(5-9)4-7-11-12-8(10-2)13(7)3/h6H,4-5,9H2,1-3H3,(H,10,12). The fraction of sp³-hybridized carbons (Fsp3) is 0.750. The zero-order valence-corrected chi connectivity index (χ0v) is 8.41. The summed E-state index contributed by atoms with van der Waals surface area (Å²) >= 11 is 0. The average Bonchev–Trinajstić information content (AvgIpc) is 2.48. The van der Waals surface area contributed by atoms with Gasteiger partial charge in [0, 0.05) is 20.5 Å². The van der Waals surface area contributed by atoms with Crippen LogP contribution in [0.3, 0.4) is 0 Å².